The van der Waals surface area contributed by atoms with Crippen LogP contribution >= 0.6 is 13.5 Å². The smallest absolute Gasteiger partial charge is 0.248 e. The topological polar surface area (TPSA) is 75.9 Å². The van der Waals surface area contributed by atoms with Gasteiger partial charge in [0.1, 0.15) is 17.6 Å². The second kappa shape index (κ2) is 9.10. The van der Waals surface area contributed by atoms with Crippen LogP contribution in [-0.4, -0.2) is 44.7 Å². The second-order valence-electron chi connectivity index (χ2n) is 8.36. The third-order valence-corrected chi connectivity index (χ3v) is 6.21. The summed E-state index contributed by atoms with van der Waals surface area (Å²) in [6.07, 6.45) is 6.59. The molecule has 2 aliphatic rings. The van der Waals surface area contributed by atoms with Gasteiger partial charge >= 0.3 is 0 Å². The number of halogens is 2. The fourth-order valence-corrected chi connectivity index (χ4v) is 4.37. The largest absolute Gasteiger partial charge is 0.346 e. The van der Waals surface area contributed by atoms with Gasteiger partial charge in [-0.3, -0.25) is 9.48 Å². The Bertz CT molecular complexity index is 940. The Balaban J connectivity index is 0.00000272. The highest BCUT2D eigenvalue weighted by Gasteiger charge is 2.36. The third-order valence-electron chi connectivity index (χ3n) is 6.21. The van der Waals surface area contributed by atoms with Crippen molar-refractivity contribution < 1.29 is 13.6 Å². The van der Waals surface area contributed by atoms with Crippen LogP contribution in [0.2, 0.25) is 0 Å². The summed E-state index contributed by atoms with van der Waals surface area (Å²) in [4.78, 5) is 23.5. The monoisotopic (exact) mass is 452 g/mol. The van der Waals surface area contributed by atoms with Crippen molar-refractivity contribution in [1.29, 1.82) is 0 Å². The summed E-state index contributed by atoms with van der Waals surface area (Å²) < 4.78 is 28.6. The zero-order valence-corrected chi connectivity index (χ0v) is 19.2. The second-order valence-corrected chi connectivity index (χ2v) is 8.36. The standard InChI is InChI=1S/C21H28F2N6O.H2S/c1-4-16-20(30)27-18-13(2)25-17(26-19(18)28(16)3)6-5-14-11-24-29(12-14)15-7-9-21(22,23)10-8-15;/h11-12,15-16H,4-10H2,1-3H3,(H,27,30);1H2/t16-;/m0./s1. The number of aromatic nitrogens is 4. The van der Waals surface area contributed by atoms with Crippen molar-refractivity contribution in [3.8, 4) is 0 Å². The molecule has 3 heterocycles. The Kier molecular flexibility index (Phi) is 6.88. The van der Waals surface area contributed by atoms with Gasteiger partial charge in [0.2, 0.25) is 11.8 Å². The van der Waals surface area contributed by atoms with Crippen LogP contribution in [0.4, 0.5) is 20.3 Å². The number of nitrogens with zero attached hydrogens (tertiary/aromatic N) is 5. The van der Waals surface area contributed by atoms with Crippen LogP contribution in [0.15, 0.2) is 12.4 Å². The van der Waals surface area contributed by atoms with Gasteiger partial charge in [-0.15, -0.1) is 0 Å². The van der Waals surface area contributed by atoms with E-state index in [-0.39, 0.29) is 44.3 Å². The summed E-state index contributed by atoms with van der Waals surface area (Å²) in [5.41, 5.74) is 2.47. The molecule has 0 bridgehead atoms. The van der Waals surface area contributed by atoms with Gasteiger partial charge in [0.15, 0.2) is 5.82 Å². The first kappa shape index (κ1) is 23.4. The average molecular weight is 453 g/mol. The summed E-state index contributed by atoms with van der Waals surface area (Å²) in [5, 5.41) is 7.34. The van der Waals surface area contributed by atoms with Crippen LogP contribution in [0.3, 0.4) is 0 Å². The third kappa shape index (κ3) is 4.83. The van der Waals surface area contributed by atoms with Gasteiger partial charge in [-0.2, -0.15) is 18.6 Å². The zero-order chi connectivity index (χ0) is 21.5. The molecule has 31 heavy (non-hydrogen) atoms. The Morgan fingerprint density at radius 2 is 1.94 bits per heavy atom. The number of anilines is 2. The minimum atomic E-state index is -2.53. The van der Waals surface area contributed by atoms with Gasteiger partial charge in [-0.25, -0.2) is 18.7 Å². The molecular weight excluding hydrogens is 422 g/mol. The van der Waals surface area contributed by atoms with Gasteiger partial charge < -0.3 is 10.2 Å². The molecule has 0 radical (unpaired) electrons. The summed E-state index contributed by atoms with van der Waals surface area (Å²) >= 11 is 0. The predicted molar refractivity (Wildman–Crippen MR) is 120 cm³/mol. The molecule has 0 spiro atoms. The van der Waals surface area contributed by atoms with E-state index in [1.807, 2.05) is 36.7 Å². The highest BCUT2D eigenvalue weighted by Crippen LogP contribution is 2.38. The van der Waals surface area contributed by atoms with E-state index in [1.165, 1.54) is 0 Å². The molecule has 7 nitrogen and oxygen atoms in total. The summed E-state index contributed by atoms with van der Waals surface area (Å²) in [7, 11) is 1.89. The van der Waals surface area contributed by atoms with Crippen LogP contribution in [0.25, 0.3) is 0 Å². The lowest BCUT2D eigenvalue weighted by Crippen LogP contribution is -2.46. The Labute approximate surface area is 188 Å². The van der Waals surface area contributed by atoms with Crippen molar-refractivity contribution in [3.63, 3.8) is 0 Å². The lowest BCUT2D eigenvalue weighted by molar-refractivity contribution is -0.117. The van der Waals surface area contributed by atoms with Crippen LogP contribution < -0.4 is 10.2 Å². The number of hydrogen-bond donors (Lipinski definition) is 1. The number of rotatable bonds is 5. The maximum Gasteiger partial charge on any atom is 0.248 e. The predicted octanol–water partition coefficient (Wildman–Crippen LogP) is 3.80. The van der Waals surface area contributed by atoms with Crippen molar-refractivity contribution in [2.24, 2.45) is 0 Å². The van der Waals surface area contributed by atoms with Gasteiger partial charge in [-0.1, -0.05) is 6.92 Å². The molecule has 1 aliphatic carbocycles. The molecule has 1 N–H and O–H groups in total. The summed E-state index contributed by atoms with van der Waals surface area (Å²) in [6, 6.07) is -0.190. The fraction of sp³-hybridized carbons (Fsp3) is 0.619. The van der Waals surface area contributed by atoms with Crippen molar-refractivity contribution in [2.75, 3.05) is 17.3 Å². The average Bonchev–Trinajstić information content (AvgIpc) is 3.17. The molecule has 4 rings (SSSR count). The number of fused-ring (bicyclic) bond motifs is 1. The number of carbonyl (C=O) groups excluding carboxylic acids is 1. The quantitative estimate of drug-likeness (QED) is 0.747. The number of aryl methyl sites for hydroxylation is 3. The molecule has 0 saturated heterocycles. The minimum Gasteiger partial charge on any atom is -0.346 e. The Morgan fingerprint density at radius 1 is 1.23 bits per heavy atom. The lowest BCUT2D eigenvalue weighted by atomic mass is 9.92. The van der Waals surface area contributed by atoms with E-state index in [2.05, 4.69) is 15.4 Å². The minimum absolute atomic E-state index is 0. The van der Waals surface area contributed by atoms with Gasteiger partial charge in [0.25, 0.3) is 0 Å². The number of carbonyl (C=O) groups is 1. The van der Waals surface area contributed by atoms with E-state index in [9.17, 15) is 13.6 Å². The van der Waals surface area contributed by atoms with E-state index in [4.69, 9.17) is 4.98 Å². The molecule has 170 valence electrons. The van der Waals surface area contributed by atoms with E-state index >= 15 is 0 Å². The highest BCUT2D eigenvalue weighted by atomic mass is 32.1. The molecule has 1 aliphatic heterocycles. The maximum absolute atomic E-state index is 13.4. The van der Waals surface area contributed by atoms with E-state index in [1.54, 1.807) is 6.20 Å². The molecule has 1 saturated carbocycles. The highest BCUT2D eigenvalue weighted by molar-refractivity contribution is 7.59. The first-order valence-electron chi connectivity index (χ1n) is 10.6. The van der Waals surface area contributed by atoms with Crippen LogP contribution in [0.1, 0.15) is 62.2 Å². The summed E-state index contributed by atoms with van der Waals surface area (Å²) in [6.45, 7) is 3.85. The van der Waals surface area contributed by atoms with Crippen molar-refractivity contribution in [1.82, 2.24) is 19.7 Å². The normalized spacial score (nSPS) is 20.7. The number of nitrogens with one attached hydrogen (secondary N) is 1. The van der Waals surface area contributed by atoms with E-state index in [0.717, 1.165) is 17.1 Å². The Hall–Kier alpha value is -2.23. The number of likely N-dealkylation sites (N-methyl/N-ethyl adjacent to an activating group) is 1. The van der Waals surface area contributed by atoms with Crippen LogP contribution in [0, 0.1) is 6.92 Å². The van der Waals surface area contributed by atoms with Crippen molar-refractivity contribution in [2.45, 2.75) is 76.8 Å². The van der Waals surface area contributed by atoms with Crippen LogP contribution in [-0.2, 0) is 17.6 Å². The van der Waals surface area contributed by atoms with Crippen LogP contribution in [0.5, 0.6) is 0 Å². The number of alkyl halides is 2. The molecular formula is C21H30F2N6OS. The fourth-order valence-electron chi connectivity index (χ4n) is 4.37. The SMILES string of the molecule is CC[C@H]1C(=O)Nc2c(C)nc(CCc3cnn(C4CCC(F)(F)CC4)c3)nc2N1C.S. The zero-order valence-electron chi connectivity index (χ0n) is 18.2. The number of hydrogen-bond acceptors (Lipinski definition) is 5. The van der Waals surface area contributed by atoms with Crippen molar-refractivity contribution in [3.05, 3.63) is 29.5 Å². The van der Waals surface area contributed by atoms with E-state index in [0.29, 0.717) is 43.6 Å². The van der Waals surface area contributed by atoms with Gasteiger partial charge in [0, 0.05) is 32.5 Å². The molecule has 0 unspecified atom stereocenters. The summed E-state index contributed by atoms with van der Waals surface area (Å²) in [5.74, 6) is -1.09. The first-order chi connectivity index (χ1) is 14.3. The van der Waals surface area contributed by atoms with E-state index < -0.39 is 5.92 Å². The molecule has 1 fully saturated rings. The molecule has 10 heteroatoms. The molecule has 1 amide bonds. The lowest BCUT2D eigenvalue weighted by Gasteiger charge is -2.34. The van der Waals surface area contributed by atoms with Crippen molar-refractivity contribution >= 4 is 30.9 Å². The molecule has 0 aromatic carbocycles. The molecule has 1 atom stereocenters. The molecule has 2 aromatic heterocycles. The van der Waals surface area contributed by atoms with Gasteiger partial charge in [0.05, 0.1) is 17.9 Å². The maximum atomic E-state index is 13.4. The molecule has 2 aromatic rings. The first-order valence-corrected chi connectivity index (χ1v) is 10.6. The number of amides is 1. The Morgan fingerprint density at radius 3 is 2.61 bits per heavy atom. The van der Waals surface area contributed by atoms with Gasteiger partial charge in [-0.05, 0) is 38.2 Å².